The molecule has 0 unspecified atom stereocenters. The van der Waals surface area contributed by atoms with Crippen molar-refractivity contribution >= 4 is 23.0 Å². The number of benzene rings is 4. The van der Waals surface area contributed by atoms with E-state index >= 15 is 0 Å². The summed E-state index contributed by atoms with van der Waals surface area (Å²) in [7, 11) is 0. The average molecular weight is 376 g/mol. The SMILES string of the molecule is O=C1c2cc(-c3ccccc3)ccc2Nc2ccccc2N1Cc1ccccc1. The minimum Gasteiger partial charge on any atom is -0.353 e. The third kappa shape index (κ3) is 3.27. The van der Waals surface area contributed by atoms with Gasteiger partial charge in [-0.3, -0.25) is 4.79 Å². The highest BCUT2D eigenvalue weighted by Gasteiger charge is 2.27. The topological polar surface area (TPSA) is 32.3 Å². The number of fused-ring (bicyclic) bond motifs is 2. The lowest BCUT2D eigenvalue weighted by atomic mass is 10.0. The van der Waals surface area contributed by atoms with E-state index in [9.17, 15) is 4.79 Å². The lowest BCUT2D eigenvalue weighted by molar-refractivity contribution is 0.0986. The van der Waals surface area contributed by atoms with Crippen LogP contribution >= 0.6 is 0 Å². The molecule has 1 aliphatic rings. The Morgan fingerprint density at radius 2 is 1.34 bits per heavy atom. The molecule has 29 heavy (non-hydrogen) atoms. The second-order valence-corrected chi connectivity index (χ2v) is 7.15. The lowest BCUT2D eigenvalue weighted by Crippen LogP contribution is -2.29. The van der Waals surface area contributed by atoms with Crippen molar-refractivity contribution in [2.45, 2.75) is 6.54 Å². The van der Waals surface area contributed by atoms with Gasteiger partial charge in [0.2, 0.25) is 0 Å². The number of carbonyl (C=O) groups excluding carboxylic acids is 1. The van der Waals surface area contributed by atoms with Gasteiger partial charge in [-0.1, -0.05) is 78.9 Å². The smallest absolute Gasteiger partial charge is 0.260 e. The van der Waals surface area contributed by atoms with E-state index in [0.29, 0.717) is 12.1 Å². The Kier molecular flexibility index (Phi) is 4.34. The number of hydrogen-bond acceptors (Lipinski definition) is 2. The molecule has 0 spiro atoms. The fourth-order valence-electron chi connectivity index (χ4n) is 3.78. The van der Waals surface area contributed by atoms with E-state index < -0.39 is 0 Å². The molecule has 1 N–H and O–H groups in total. The summed E-state index contributed by atoms with van der Waals surface area (Å²) in [5, 5.41) is 3.47. The van der Waals surface area contributed by atoms with Gasteiger partial charge in [-0.2, -0.15) is 0 Å². The van der Waals surface area contributed by atoms with Gasteiger partial charge in [0, 0.05) is 0 Å². The first-order chi connectivity index (χ1) is 14.3. The maximum atomic E-state index is 13.7. The summed E-state index contributed by atoms with van der Waals surface area (Å²) >= 11 is 0. The molecule has 0 aliphatic carbocycles. The van der Waals surface area contributed by atoms with Crippen LogP contribution in [0.3, 0.4) is 0 Å². The molecule has 0 aromatic heterocycles. The van der Waals surface area contributed by atoms with Crippen LogP contribution in [0, 0.1) is 0 Å². The summed E-state index contributed by atoms with van der Waals surface area (Å²) in [5.74, 6) is -0.000848. The Morgan fingerprint density at radius 3 is 2.14 bits per heavy atom. The minimum absolute atomic E-state index is 0.000848. The van der Waals surface area contributed by atoms with Crippen molar-refractivity contribution in [1.29, 1.82) is 0 Å². The molecule has 3 heteroatoms. The monoisotopic (exact) mass is 376 g/mol. The molecule has 0 bridgehead atoms. The molecule has 0 atom stereocenters. The number of para-hydroxylation sites is 2. The number of rotatable bonds is 3. The highest BCUT2D eigenvalue weighted by molar-refractivity contribution is 6.14. The second-order valence-electron chi connectivity index (χ2n) is 7.15. The van der Waals surface area contributed by atoms with Gasteiger partial charge in [0.25, 0.3) is 5.91 Å². The standard InChI is InChI=1S/C26H20N2O/c29-26-22-17-21(20-11-5-2-6-12-20)15-16-23(22)27-24-13-7-8-14-25(24)28(26)18-19-9-3-1-4-10-19/h1-17,27H,18H2. The second kappa shape index (κ2) is 7.28. The number of anilines is 3. The van der Waals surface area contributed by atoms with Crippen LogP contribution in [0.25, 0.3) is 11.1 Å². The third-order valence-corrected chi connectivity index (χ3v) is 5.25. The van der Waals surface area contributed by atoms with Gasteiger partial charge < -0.3 is 10.2 Å². The third-order valence-electron chi connectivity index (χ3n) is 5.25. The van der Waals surface area contributed by atoms with Crippen LogP contribution in [0.5, 0.6) is 0 Å². The van der Waals surface area contributed by atoms with E-state index in [2.05, 4.69) is 35.6 Å². The maximum Gasteiger partial charge on any atom is 0.260 e. The molecule has 1 aliphatic heterocycles. The zero-order chi connectivity index (χ0) is 19.6. The average Bonchev–Trinajstić information content (AvgIpc) is 2.90. The molecule has 0 fully saturated rings. The van der Waals surface area contributed by atoms with Gasteiger partial charge in [-0.05, 0) is 41.0 Å². The first-order valence-electron chi connectivity index (χ1n) is 9.71. The van der Waals surface area contributed by atoms with E-state index in [1.165, 1.54) is 0 Å². The first-order valence-corrected chi connectivity index (χ1v) is 9.71. The van der Waals surface area contributed by atoms with Crippen LogP contribution in [0.2, 0.25) is 0 Å². The van der Waals surface area contributed by atoms with Crippen LogP contribution in [-0.4, -0.2) is 5.91 Å². The van der Waals surface area contributed by atoms with Crippen molar-refractivity contribution in [3.63, 3.8) is 0 Å². The summed E-state index contributed by atoms with van der Waals surface area (Å²) < 4.78 is 0. The highest BCUT2D eigenvalue weighted by Crippen LogP contribution is 2.37. The highest BCUT2D eigenvalue weighted by atomic mass is 16.2. The number of nitrogens with one attached hydrogen (secondary N) is 1. The lowest BCUT2D eigenvalue weighted by Gasteiger charge is -2.23. The predicted octanol–water partition coefficient (Wildman–Crippen LogP) is 6.26. The van der Waals surface area contributed by atoms with Gasteiger partial charge in [0.05, 0.1) is 29.2 Å². The Morgan fingerprint density at radius 1 is 0.655 bits per heavy atom. The molecule has 3 nitrogen and oxygen atoms in total. The summed E-state index contributed by atoms with van der Waals surface area (Å²) in [5.41, 5.74) is 6.56. The fourth-order valence-corrected chi connectivity index (χ4v) is 3.78. The normalized spacial score (nSPS) is 12.6. The van der Waals surface area contributed by atoms with E-state index in [1.807, 2.05) is 77.7 Å². The Labute approximate surface area is 170 Å². The number of carbonyl (C=O) groups is 1. The summed E-state index contributed by atoms with van der Waals surface area (Å²) in [4.78, 5) is 15.5. The Hall–Kier alpha value is -3.85. The van der Waals surface area contributed by atoms with Crippen molar-refractivity contribution < 1.29 is 4.79 Å². The zero-order valence-corrected chi connectivity index (χ0v) is 15.9. The Bertz CT molecular complexity index is 1170. The van der Waals surface area contributed by atoms with E-state index in [1.54, 1.807) is 0 Å². The maximum absolute atomic E-state index is 13.7. The molecular weight excluding hydrogens is 356 g/mol. The minimum atomic E-state index is -0.000848. The summed E-state index contributed by atoms with van der Waals surface area (Å²) in [6.07, 6.45) is 0. The van der Waals surface area contributed by atoms with Crippen molar-refractivity contribution in [2.75, 3.05) is 10.2 Å². The van der Waals surface area contributed by atoms with E-state index in [0.717, 1.165) is 33.8 Å². The largest absolute Gasteiger partial charge is 0.353 e. The van der Waals surface area contributed by atoms with E-state index in [-0.39, 0.29) is 5.91 Å². The van der Waals surface area contributed by atoms with E-state index in [4.69, 9.17) is 0 Å². The number of nitrogens with zero attached hydrogens (tertiary/aromatic N) is 1. The molecule has 1 amide bonds. The molecular formula is C26H20N2O. The van der Waals surface area contributed by atoms with Gasteiger partial charge in [-0.25, -0.2) is 0 Å². The van der Waals surface area contributed by atoms with Crippen LogP contribution in [0.4, 0.5) is 17.1 Å². The molecule has 0 saturated heterocycles. The number of hydrogen-bond donors (Lipinski definition) is 1. The molecule has 5 rings (SSSR count). The fraction of sp³-hybridized carbons (Fsp3) is 0.0385. The van der Waals surface area contributed by atoms with Crippen LogP contribution in [0.1, 0.15) is 15.9 Å². The van der Waals surface area contributed by atoms with Gasteiger partial charge in [-0.15, -0.1) is 0 Å². The molecule has 4 aromatic carbocycles. The van der Waals surface area contributed by atoms with Crippen molar-refractivity contribution in [2.24, 2.45) is 0 Å². The molecule has 0 saturated carbocycles. The Balaban J connectivity index is 1.63. The molecule has 1 heterocycles. The van der Waals surface area contributed by atoms with Crippen LogP contribution in [-0.2, 0) is 6.54 Å². The quantitative estimate of drug-likeness (QED) is 0.458. The van der Waals surface area contributed by atoms with Gasteiger partial charge in [0.1, 0.15) is 0 Å². The molecule has 0 radical (unpaired) electrons. The van der Waals surface area contributed by atoms with Crippen LogP contribution in [0.15, 0.2) is 103 Å². The molecule has 4 aromatic rings. The van der Waals surface area contributed by atoms with Gasteiger partial charge in [0.15, 0.2) is 0 Å². The summed E-state index contributed by atoms with van der Waals surface area (Å²) in [6.45, 7) is 0.521. The van der Waals surface area contributed by atoms with Crippen molar-refractivity contribution in [3.8, 4) is 11.1 Å². The number of amides is 1. The summed E-state index contributed by atoms with van der Waals surface area (Å²) in [6, 6.07) is 34.3. The van der Waals surface area contributed by atoms with Gasteiger partial charge >= 0.3 is 0 Å². The predicted molar refractivity (Wildman–Crippen MR) is 119 cm³/mol. The van der Waals surface area contributed by atoms with Crippen molar-refractivity contribution in [1.82, 2.24) is 0 Å². The zero-order valence-electron chi connectivity index (χ0n) is 15.9. The molecule has 140 valence electrons. The first kappa shape index (κ1) is 17.3. The van der Waals surface area contributed by atoms with Crippen LogP contribution < -0.4 is 10.2 Å². The van der Waals surface area contributed by atoms with Crippen molar-refractivity contribution in [3.05, 3.63) is 114 Å².